The summed E-state index contributed by atoms with van der Waals surface area (Å²) in [6.07, 6.45) is 3.74. The normalized spacial score (nSPS) is 20.4. The Morgan fingerprint density at radius 3 is 2.67 bits per heavy atom. The van der Waals surface area contributed by atoms with E-state index in [-0.39, 0.29) is 18.0 Å². The molecular weight excluding hydrogens is 302 g/mol. The minimum Gasteiger partial charge on any atom is -0.340 e. The number of likely N-dealkylation sites (tertiary alicyclic amines) is 1. The number of aromatic nitrogens is 2. The third-order valence-corrected chi connectivity index (χ3v) is 4.82. The maximum absolute atomic E-state index is 12.5. The van der Waals surface area contributed by atoms with E-state index in [0.717, 1.165) is 5.69 Å². The third kappa shape index (κ3) is 3.28. The number of nitrogens with two attached hydrogens (primary N) is 1. The quantitative estimate of drug-likeness (QED) is 0.900. The van der Waals surface area contributed by atoms with Crippen molar-refractivity contribution in [3.8, 4) is 0 Å². The zero-order valence-electron chi connectivity index (χ0n) is 14.5. The summed E-state index contributed by atoms with van der Waals surface area (Å²) in [5, 5.41) is 3.03. The molecule has 128 valence electrons. The van der Waals surface area contributed by atoms with Crippen LogP contribution in [0.4, 0.5) is 4.79 Å². The maximum Gasteiger partial charge on any atom is 0.317 e. The Labute approximate surface area is 142 Å². The first kappa shape index (κ1) is 16.5. The Morgan fingerprint density at radius 2 is 2.04 bits per heavy atom. The molecule has 24 heavy (non-hydrogen) atoms. The first-order valence-electron chi connectivity index (χ1n) is 8.27. The standard InChI is InChI=1S/C18H25N5O/c1-12-5-4-6-13(2)14(12)7-20-18(24)23-8-15(16(19)9-23)17-10-22(3)11-21-17/h4-6,10-11,15-16H,7-9,19H2,1-3H3,(H,20,24)/t15-,16-/m1/s1. The van der Waals surface area contributed by atoms with Crippen molar-refractivity contribution in [1.29, 1.82) is 0 Å². The van der Waals surface area contributed by atoms with Crippen LogP contribution in [0.15, 0.2) is 30.7 Å². The number of hydrogen-bond donors (Lipinski definition) is 2. The molecule has 0 bridgehead atoms. The molecule has 1 saturated heterocycles. The molecule has 0 aliphatic carbocycles. The van der Waals surface area contributed by atoms with Gasteiger partial charge in [-0.25, -0.2) is 9.78 Å². The molecule has 0 saturated carbocycles. The van der Waals surface area contributed by atoms with Crippen LogP contribution in [0.5, 0.6) is 0 Å². The molecule has 2 aromatic rings. The number of carbonyl (C=O) groups is 1. The number of carbonyl (C=O) groups excluding carboxylic acids is 1. The monoisotopic (exact) mass is 327 g/mol. The average Bonchev–Trinajstić information content (AvgIpc) is 3.12. The van der Waals surface area contributed by atoms with E-state index in [1.54, 1.807) is 11.2 Å². The van der Waals surface area contributed by atoms with E-state index >= 15 is 0 Å². The van der Waals surface area contributed by atoms with Gasteiger partial charge in [0, 0.05) is 44.8 Å². The Hall–Kier alpha value is -2.34. The summed E-state index contributed by atoms with van der Waals surface area (Å²) in [7, 11) is 1.94. The molecule has 3 N–H and O–H groups in total. The fourth-order valence-corrected chi connectivity index (χ4v) is 3.34. The summed E-state index contributed by atoms with van der Waals surface area (Å²) in [5.41, 5.74) is 10.8. The zero-order chi connectivity index (χ0) is 17.3. The highest BCUT2D eigenvalue weighted by molar-refractivity contribution is 5.75. The predicted octanol–water partition coefficient (Wildman–Crippen LogP) is 1.67. The van der Waals surface area contributed by atoms with Gasteiger partial charge in [-0.05, 0) is 30.5 Å². The number of nitrogens with one attached hydrogen (secondary N) is 1. The van der Waals surface area contributed by atoms with Crippen LogP contribution in [-0.2, 0) is 13.6 Å². The fourth-order valence-electron chi connectivity index (χ4n) is 3.34. The number of imidazole rings is 1. The zero-order valence-corrected chi connectivity index (χ0v) is 14.5. The summed E-state index contributed by atoms with van der Waals surface area (Å²) in [5.74, 6) is 0.0946. The second-order valence-electron chi connectivity index (χ2n) is 6.67. The maximum atomic E-state index is 12.5. The number of amides is 2. The first-order valence-corrected chi connectivity index (χ1v) is 8.27. The third-order valence-electron chi connectivity index (χ3n) is 4.82. The van der Waals surface area contributed by atoms with Crippen LogP contribution >= 0.6 is 0 Å². The van der Waals surface area contributed by atoms with Crippen molar-refractivity contribution >= 4 is 6.03 Å². The summed E-state index contributed by atoms with van der Waals surface area (Å²) >= 11 is 0. The Bertz CT molecular complexity index is 719. The molecule has 6 nitrogen and oxygen atoms in total. The van der Waals surface area contributed by atoms with Crippen LogP contribution in [0.3, 0.4) is 0 Å². The molecular formula is C18H25N5O. The van der Waals surface area contributed by atoms with E-state index in [2.05, 4.69) is 36.3 Å². The smallest absolute Gasteiger partial charge is 0.317 e. The molecule has 2 atom stereocenters. The average molecular weight is 327 g/mol. The van der Waals surface area contributed by atoms with E-state index in [0.29, 0.717) is 19.6 Å². The van der Waals surface area contributed by atoms with E-state index in [1.807, 2.05) is 23.9 Å². The lowest BCUT2D eigenvalue weighted by molar-refractivity contribution is 0.207. The van der Waals surface area contributed by atoms with Gasteiger partial charge in [0.05, 0.1) is 12.0 Å². The Morgan fingerprint density at radius 1 is 1.33 bits per heavy atom. The van der Waals surface area contributed by atoms with Crippen molar-refractivity contribution in [3.05, 3.63) is 53.1 Å². The van der Waals surface area contributed by atoms with Gasteiger partial charge in [0.1, 0.15) is 0 Å². The highest BCUT2D eigenvalue weighted by atomic mass is 16.2. The Balaban J connectivity index is 1.62. The lowest BCUT2D eigenvalue weighted by Crippen LogP contribution is -2.39. The van der Waals surface area contributed by atoms with Crippen LogP contribution in [0.1, 0.15) is 28.3 Å². The van der Waals surface area contributed by atoms with Gasteiger partial charge >= 0.3 is 6.03 Å². The van der Waals surface area contributed by atoms with E-state index in [4.69, 9.17) is 5.73 Å². The summed E-state index contributed by atoms with van der Waals surface area (Å²) in [4.78, 5) is 18.7. The number of aryl methyl sites for hydroxylation is 3. The van der Waals surface area contributed by atoms with E-state index < -0.39 is 0 Å². The van der Waals surface area contributed by atoms with Gasteiger partial charge in [-0.3, -0.25) is 0 Å². The molecule has 0 unspecified atom stereocenters. The lowest BCUT2D eigenvalue weighted by Gasteiger charge is -2.18. The van der Waals surface area contributed by atoms with Crippen LogP contribution < -0.4 is 11.1 Å². The van der Waals surface area contributed by atoms with E-state index in [1.165, 1.54) is 16.7 Å². The molecule has 1 aromatic heterocycles. The van der Waals surface area contributed by atoms with Gasteiger partial charge in [0.2, 0.25) is 0 Å². The molecule has 2 amide bonds. The molecule has 6 heteroatoms. The minimum absolute atomic E-state index is 0.0634. The summed E-state index contributed by atoms with van der Waals surface area (Å²) in [6, 6.07) is 6.03. The second kappa shape index (κ2) is 6.65. The van der Waals surface area contributed by atoms with Crippen LogP contribution in [-0.4, -0.2) is 39.6 Å². The molecule has 2 heterocycles. The first-order chi connectivity index (χ1) is 11.5. The molecule has 1 fully saturated rings. The minimum atomic E-state index is -0.0779. The van der Waals surface area contributed by atoms with Crippen LogP contribution in [0.25, 0.3) is 0 Å². The van der Waals surface area contributed by atoms with Crippen molar-refractivity contribution < 1.29 is 4.79 Å². The van der Waals surface area contributed by atoms with Crippen molar-refractivity contribution in [3.63, 3.8) is 0 Å². The van der Waals surface area contributed by atoms with Gasteiger partial charge < -0.3 is 20.5 Å². The van der Waals surface area contributed by atoms with Gasteiger partial charge in [0.15, 0.2) is 0 Å². The van der Waals surface area contributed by atoms with Crippen molar-refractivity contribution in [1.82, 2.24) is 19.8 Å². The van der Waals surface area contributed by atoms with Gasteiger partial charge in [0.25, 0.3) is 0 Å². The summed E-state index contributed by atoms with van der Waals surface area (Å²) < 4.78 is 1.91. The topological polar surface area (TPSA) is 76.2 Å². The van der Waals surface area contributed by atoms with Crippen LogP contribution in [0.2, 0.25) is 0 Å². The number of hydrogen-bond acceptors (Lipinski definition) is 3. The second-order valence-corrected chi connectivity index (χ2v) is 6.67. The number of nitrogens with zero attached hydrogens (tertiary/aromatic N) is 3. The Kier molecular flexibility index (Phi) is 4.57. The summed E-state index contributed by atoms with van der Waals surface area (Å²) in [6.45, 7) is 5.84. The molecule has 1 aliphatic rings. The van der Waals surface area contributed by atoms with Gasteiger partial charge in [-0.1, -0.05) is 18.2 Å². The largest absolute Gasteiger partial charge is 0.340 e. The predicted molar refractivity (Wildman–Crippen MR) is 93.6 cm³/mol. The SMILES string of the molecule is Cc1cccc(C)c1CNC(=O)N1C[C@@H](N)[C@H](c2cn(C)cn2)C1. The van der Waals surface area contributed by atoms with Crippen molar-refractivity contribution in [2.75, 3.05) is 13.1 Å². The molecule has 1 aromatic carbocycles. The molecule has 1 aliphatic heterocycles. The van der Waals surface area contributed by atoms with E-state index in [9.17, 15) is 4.79 Å². The van der Waals surface area contributed by atoms with Gasteiger partial charge in [-0.2, -0.15) is 0 Å². The molecule has 0 radical (unpaired) electrons. The lowest BCUT2D eigenvalue weighted by atomic mass is 10.0. The number of benzene rings is 1. The number of urea groups is 1. The van der Waals surface area contributed by atoms with Crippen molar-refractivity contribution in [2.45, 2.75) is 32.4 Å². The fraction of sp³-hybridized carbons (Fsp3) is 0.444. The van der Waals surface area contributed by atoms with Crippen molar-refractivity contribution in [2.24, 2.45) is 12.8 Å². The van der Waals surface area contributed by atoms with Crippen LogP contribution in [0, 0.1) is 13.8 Å². The molecule has 0 spiro atoms. The highest BCUT2D eigenvalue weighted by Crippen LogP contribution is 2.25. The number of rotatable bonds is 3. The molecule has 3 rings (SSSR count). The highest BCUT2D eigenvalue weighted by Gasteiger charge is 2.35. The van der Waals surface area contributed by atoms with Gasteiger partial charge in [-0.15, -0.1) is 0 Å².